The minimum atomic E-state index is -0.553. The number of esters is 1. The zero-order chi connectivity index (χ0) is 11.4. The number of hydrogen-bond donors (Lipinski definition) is 1. The molecule has 15 heavy (non-hydrogen) atoms. The third kappa shape index (κ3) is 2.25. The van der Waals surface area contributed by atoms with E-state index in [-0.39, 0.29) is 17.0 Å². The molecule has 0 saturated heterocycles. The van der Waals surface area contributed by atoms with Crippen molar-refractivity contribution in [3.63, 3.8) is 0 Å². The summed E-state index contributed by atoms with van der Waals surface area (Å²) in [5, 5.41) is 8.91. The Kier molecular flexibility index (Phi) is 4.01. The number of ether oxygens (including phenoxy) is 1. The number of alkyl halides is 1. The molecule has 0 spiro atoms. The number of carbonyl (C=O) groups is 1. The first-order chi connectivity index (χ1) is 7.15. The first-order valence-electron chi connectivity index (χ1n) is 4.05. The highest BCUT2D eigenvalue weighted by molar-refractivity contribution is 7.80. The number of carbonyl (C=O) groups excluding carboxylic acids is 1. The minimum Gasteiger partial charge on any atom is -0.465 e. The van der Waals surface area contributed by atoms with E-state index in [2.05, 4.69) is 17.4 Å². The summed E-state index contributed by atoms with van der Waals surface area (Å²) >= 11 is 9.81. The van der Waals surface area contributed by atoms with Crippen LogP contribution in [0, 0.1) is 11.3 Å². The van der Waals surface area contributed by atoms with Crippen LogP contribution in [0.25, 0.3) is 0 Å². The van der Waals surface area contributed by atoms with E-state index >= 15 is 0 Å². The molecule has 0 aromatic heterocycles. The van der Waals surface area contributed by atoms with Gasteiger partial charge in [-0.15, -0.1) is 24.2 Å². The van der Waals surface area contributed by atoms with Crippen molar-refractivity contribution in [3.05, 3.63) is 28.8 Å². The van der Waals surface area contributed by atoms with Crippen molar-refractivity contribution in [1.29, 1.82) is 5.26 Å². The second-order valence-electron chi connectivity index (χ2n) is 2.73. The molecular formula is C10H8ClNO2S. The Labute approximate surface area is 98.0 Å². The second kappa shape index (κ2) is 5.06. The lowest BCUT2D eigenvalue weighted by Crippen LogP contribution is -2.05. The van der Waals surface area contributed by atoms with Crippen LogP contribution in [0.15, 0.2) is 17.0 Å². The molecule has 5 heteroatoms. The maximum absolute atomic E-state index is 11.3. The lowest BCUT2D eigenvalue weighted by Gasteiger charge is -2.07. The molecule has 0 N–H and O–H groups in total. The predicted octanol–water partition coefficient (Wildman–Crippen LogP) is 2.37. The summed E-state index contributed by atoms with van der Waals surface area (Å²) in [6.45, 7) is 0. The van der Waals surface area contributed by atoms with Crippen LogP contribution >= 0.6 is 24.2 Å². The van der Waals surface area contributed by atoms with Crippen molar-refractivity contribution < 1.29 is 9.53 Å². The summed E-state index contributed by atoms with van der Waals surface area (Å²) in [6.07, 6.45) is 0. The highest BCUT2D eigenvalue weighted by Crippen LogP contribution is 2.24. The fourth-order valence-electron chi connectivity index (χ4n) is 1.14. The van der Waals surface area contributed by atoms with E-state index < -0.39 is 5.97 Å². The monoisotopic (exact) mass is 241 g/mol. The van der Waals surface area contributed by atoms with Crippen LogP contribution in [0.5, 0.6) is 0 Å². The van der Waals surface area contributed by atoms with Gasteiger partial charge in [-0.2, -0.15) is 5.26 Å². The number of thiol groups is 1. The molecular weight excluding hydrogens is 234 g/mol. The topological polar surface area (TPSA) is 50.1 Å². The minimum absolute atomic E-state index is 0.198. The SMILES string of the molecule is COC(=O)c1ccc(CCl)c(S)c1C#N. The van der Waals surface area contributed by atoms with E-state index in [0.717, 1.165) is 0 Å². The van der Waals surface area contributed by atoms with Gasteiger partial charge in [-0.3, -0.25) is 0 Å². The Balaban J connectivity index is 3.39. The quantitative estimate of drug-likeness (QED) is 0.491. The van der Waals surface area contributed by atoms with Crippen molar-refractivity contribution in [2.45, 2.75) is 10.8 Å². The van der Waals surface area contributed by atoms with Gasteiger partial charge in [-0.25, -0.2) is 4.79 Å². The Morgan fingerprint density at radius 2 is 2.33 bits per heavy atom. The molecule has 0 radical (unpaired) electrons. The summed E-state index contributed by atoms with van der Waals surface area (Å²) in [6, 6.07) is 5.09. The molecule has 0 saturated carbocycles. The van der Waals surface area contributed by atoms with Gasteiger partial charge in [0.25, 0.3) is 0 Å². The standard InChI is InChI=1S/C10H8ClNO2S/c1-14-10(13)7-3-2-6(4-11)9(15)8(7)5-12/h2-3,15H,4H2,1H3. The van der Waals surface area contributed by atoms with E-state index in [1.54, 1.807) is 6.07 Å². The molecule has 1 aromatic carbocycles. The number of methoxy groups -OCH3 is 1. The van der Waals surface area contributed by atoms with E-state index in [0.29, 0.717) is 10.5 Å². The Bertz CT molecular complexity index is 440. The van der Waals surface area contributed by atoms with Gasteiger partial charge in [0, 0.05) is 10.8 Å². The molecule has 0 aliphatic carbocycles. The smallest absolute Gasteiger partial charge is 0.339 e. The van der Waals surface area contributed by atoms with Crippen molar-refractivity contribution in [2.75, 3.05) is 7.11 Å². The molecule has 0 aliphatic heterocycles. The second-order valence-corrected chi connectivity index (χ2v) is 3.45. The van der Waals surface area contributed by atoms with Gasteiger partial charge in [0.05, 0.1) is 18.2 Å². The van der Waals surface area contributed by atoms with Gasteiger partial charge < -0.3 is 4.74 Å². The molecule has 0 atom stereocenters. The average molecular weight is 242 g/mol. The van der Waals surface area contributed by atoms with Crippen LogP contribution in [0.2, 0.25) is 0 Å². The van der Waals surface area contributed by atoms with Gasteiger partial charge in [-0.05, 0) is 11.6 Å². The van der Waals surface area contributed by atoms with Crippen LogP contribution in [-0.2, 0) is 10.6 Å². The maximum atomic E-state index is 11.3. The lowest BCUT2D eigenvalue weighted by atomic mass is 10.1. The van der Waals surface area contributed by atoms with Gasteiger partial charge in [0.1, 0.15) is 6.07 Å². The highest BCUT2D eigenvalue weighted by Gasteiger charge is 2.16. The van der Waals surface area contributed by atoms with Crippen LogP contribution in [-0.4, -0.2) is 13.1 Å². The molecule has 0 fully saturated rings. The molecule has 1 rings (SSSR count). The average Bonchev–Trinajstić information content (AvgIpc) is 2.27. The predicted molar refractivity (Wildman–Crippen MR) is 59.3 cm³/mol. The summed E-state index contributed by atoms with van der Waals surface area (Å²) in [5.74, 6) is -0.308. The molecule has 0 heterocycles. The van der Waals surface area contributed by atoms with Crippen LogP contribution in [0.3, 0.4) is 0 Å². The molecule has 3 nitrogen and oxygen atoms in total. The van der Waals surface area contributed by atoms with E-state index in [1.807, 2.05) is 6.07 Å². The largest absolute Gasteiger partial charge is 0.465 e. The van der Waals surface area contributed by atoms with E-state index in [4.69, 9.17) is 16.9 Å². The lowest BCUT2D eigenvalue weighted by molar-refractivity contribution is 0.0600. The van der Waals surface area contributed by atoms with Crippen LogP contribution < -0.4 is 0 Å². The summed E-state index contributed by atoms with van der Waals surface area (Å²) < 4.78 is 4.55. The Morgan fingerprint density at radius 3 is 2.80 bits per heavy atom. The third-order valence-corrected chi connectivity index (χ3v) is 2.72. The number of nitrogens with zero attached hydrogens (tertiary/aromatic N) is 1. The molecule has 0 aliphatic rings. The molecule has 0 amide bonds. The Morgan fingerprint density at radius 1 is 1.67 bits per heavy atom. The number of rotatable bonds is 2. The first-order valence-corrected chi connectivity index (χ1v) is 5.03. The van der Waals surface area contributed by atoms with Gasteiger partial charge >= 0.3 is 5.97 Å². The van der Waals surface area contributed by atoms with Crippen molar-refractivity contribution in [2.24, 2.45) is 0 Å². The third-order valence-electron chi connectivity index (χ3n) is 1.92. The fraction of sp³-hybridized carbons (Fsp3) is 0.200. The fourth-order valence-corrected chi connectivity index (χ4v) is 1.78. The Hall–Kier alpha value is -1.18. The molecule has 78 valence electrons. The number of hydrogen-bond acceptors (Lipinski definition) is 4. The van der Waals surface area contributed by atoms with Gasteiger partial charge in [0.2, 0.25) is 0 Å². The van der Waals surface area contributed by atoms with Gasteiger partial charge in [0.15, 0.2) is 0 Å². The first kappa shape index (κ1) is 11.9. The van der Waals surface area contributed by atoms with Crippen LogP contribution in [0.4, 0.5) is 0 Å². The van der Waals surface area contributed by atoms with Crippen molar-refractivity contribution >= 4 is 30.2 Å². The number of halogens is 1. The molecule has 0 bridgehead atoms. The molecule has 1 aromatic rings. The summed E-state index contributed by atoms with van der Waals surface area (Å²) in [5.41, 5.74) is 1.12. The zero-order valence-corrected chi connectivity index (χ0v) is 9.60. The molecule has 0 unspecified atom stereocenters. The number of benzene rings is 1. The van der Waals surface area contributed by atoms with Crippen molar-refractivity contribution in [3.8, 4) is 6.07 Å². The van der Waals surface area contributed by atoms with E-state index in [1.165, 1.54) is 13.2 Å². The maximum Gasteiger partial charge on any atom is 0.339 e. The summed E-state index contributed by atoms with van der Waals surface area (Å²) in [4.78, 5) is 11.7. The van der Waals surface area contributed by atoms with Crippen LogP contribution in [0.1, 0.15) is 21.5 Å². The zero-order valence-electron chi connectivity index (χ0n) is 7.95. The van der Waals surface area contributed by atoms with E-state index in [9.17, 15) is 4.79 Å². The van der Waals surface area contributed by atoms with Crippen molar-refractivity contribution in [1.82, 2.24) is 0 Å². The highest BCUT2D eigenvalue weighted by atomic mass is 35.5. The number of nitriles is 1. The normalized spacial score (nSPS) is 9.47. The summed E-state index contributed by atoms with van der Waals surface area (Å²) in [7, 11) is 1.26. The van der Waals surface area contributed by atoms with Gasteiger partial charge in [-0.1, -0.05) is 6.07 Å².